The Kier molecular flexibility index (Phi) is 5.22. The summed E-state index contributed by atoms with van der Waals surface area (Å²) in [6.45, 7) is 1.46. The van der Waals surface area contributed by atoms with E-state index in [1.807, 2.05) is 4.57 Å². The van der Waals surface area contributed by atoms with Crippen molar-refractivity contribution in [2.24, 2.45) is 5.73 Å². The molecular weight excluding hydrogens is 403 g/mol. The van der Waals surface area contributed by atoms with Gasteiger partial charge in [0.1, 0.15) is 11.6 Å². The number of benzene rings is 2. The summed E-state index contributed by atoms with van der Waals surface area (Å²) < 4.78 is 20.8. The minimum Gasteiger partial charge on any atom is -0.481 e. The molecule has 0 saturated heterocycles. The highest BCUT2D eigenvalue weighted by atomic mass is 19.1. The zero-order chi connectivity index (χ0) is 22.3. The molecule has 8 heteroatoms. The Labute approximate surface area is 177 Å². The average Bonchev–Trinajstić information content (AvgIpc) is 3.30. The molecule has 1 heterocycles. The van der Waals surface area contributed by atoms with Gasteiger partial charge in [0.05, 0.1) is 16.5 Å². The predicted octanol–water partition coefficient (Wildman–Crippen LogP) is 2.76. The van der Waals surface area contributed by atoms with Crippen LogP contribution in [0, 0.1) is 12.7 Å². The van der Waals surface area contributed by atoms with E-state index in [9.17, 15) is 18.8 Å². The van der Waals surface area contributed by atoms with Gasteiger partial charge in [-0.25, -0.2) is 9.18 Å². The number of ketones is 1. The molecule has 4 rings (SSSR count). The number of aryl methyl sites for hydroxylation is 2. The number of carbonyl (C=O) groups is 3. The second kappa shape index (κ2) is 7.86. The lowest BCUT2D eigenvalue weighted by atomic mass is 10.0. The zero-order valence-corrected chi connectivity index (χ0v) is 16.9. The number of nitrogens with two attached hydrogens (primary N) is 1. The zero-order valence-electron chi connectivity index (χ0n) is 16.9. The molecule has 3 aromatic rings. The maximum atomic E-state index is 13.4. The molecule has 160 valence electrons. The lowest BCUT2D eigenvalue weighted by Crippen LogP contribution is -2.24. The predicted molar refractivity (Wildman–Crippen MR) is 111 cm³/mol. The number of carboxylic acid groups (broad SMARTS) is 1. The van der Waals surface area contributed by atoms with E-state index >= 15 is 0 Å². The van der Waals surface area contributed by atoms with Crippen LogP contribution in [0.5, 0.6) is 5.75 Å². The number of carbonyl (C=O) groups excluding carboxylic acids is 2. The van der Waals surface area contributed by atoms with Gasteiger partial charge in [0.2, 0.25) is 0 Å². The summed E-state index contributed by atoms with van der Waals surface area (Å²) in [5.41, 5.74) is 9.53. The van der Waals surface area contributed by atoms with E-state index in [4.69, 9.17) is 15.6 Å². The normalized spacial score (nSPS) is 12.7. The molecule has 1 amide bonds. The SMILES string of the molecule is Cc1c(C(=O)C(N)=O)c2c(OCC(=O)O)cc3c(c2n1Cc1ccc(F)cc1)CCC3. The second-order valence-corrected chi connectivity index (χ2v) is 7.64. The van der Waals surface area contributed by atoms with Crippen molar-refractivity contribution in [2.75, 3.05) is 6.61 Å². The van der Waals surface area contributed by atoms with Crippen molar-refractivity contribution in [3.8, 4) is 5.75 Å². The Morgan fingerprint density at radius 1 is 1.19 bits per heavy atom. The van der Waals surface area contributed by atoms with Gasteiger partial charge in [-0.2, -0.15) is 0 Å². The van der Waals surface area contributed by atoms with Crippen LogP contribution in [0.15, 0.2) is 30.3 Å². The van der Waals surface area contributed by atoms with Crippen LogP contribution in [0.2, 0.25) is 0 Å². The van der Waals surface area contributed by atoms with Crippen LogP contribution in [0.1, 0.15) is 39.2 Å². The highest BCUT2D eigenvalue weighted by molar-refractivity contribution is 6.45. The molecule has 0 unspecified atom stereocenters. The van der Waals surface area contributed by atoms with E-state index in [1.165, 1.54) is 12.1 Å². The Bertz CT molecular complexity index is 1230. The summed E-state index contributed by atoms with van der Waals surface area (Å²) in [7, 11) is 0. The van der Waals surface area contributed by atoms with Crippen LogP contribution in [0.25, 0.3) is 10.9 Å². The molecule has 2 aromatic carbocycles. The molecule has 31 heavy (non-hydrogen) atoms. The number of halogens is 1. The number of ether oxygens (including phenoxy) is 1. The molecule has 1 aliphatic carbocycles. The number of carboxylic acids is 1. The van der Waals surface area contributed by atoms with Crippen LogP contribution in [-0.4, -0.2) is 33.9 Å². The maximum Gasteiger partial charge on any atom is 0.341 e. The first-order chi connectivity index (χ1) is 14.8. The Balaban J connectivity index is 2.01. The lowest BCUT2D eigenvalue weighted by molar-refractivity contribution is -0.139. The largest absolute Gasteiger partial charge is 0.481 e. The quantitative estimate of drug-likeness (QED) is 0.447. The molecule has 0 fully saturated rings. The van der Waals surface area contributed by atoms with Gasteiger partial charge in [0.25, 0.3) is 11.7 Å². The van der Waals surface area contributed by atoms with Crippen LogP contribution in [0.4, 0.5) is 4.39 Å². The molecule has 0 spiro atoms. The summed E-state index contributed by atoms with van der Waals surface area (Å²) >= 11 is 0. The van der Waals surface area contributed by atoms with Crippen LogP contribution < -0.4 is 10.5 Å². The number of amides is 1. The molecule has 0 atom stereocenters. The molecule has 0 saturated carbocycles. The fourth-order valence-electron chi connectivity index (χ4n) is 4.34. The first-order valence-electron chi connectivity index (χ1n) is 9.88. The summed E-state index contributed by atoms with van der Waals surface area (Å²) in [5.74, 6) is -3.23. The number of rotatable bonds is 7. The minimum absolute atomic E-state index is 0.111. The van der Waals surface area contributed by atoms with Crippen molar-refractivity contribution in [1.82, 2.24) is 4.57 Å². The number of Topliss-reactive ketones (excluding diaryl/α,β-unsaturated/α-hetero) is 1. The van der Waals surface area contributed by atoms with E-state index in [-0.39, 0.29) is 17.1 Å². The summed E-state index contributed by atoms with van der Waals surface area (Å²) in [4.78, 5) is 35.7. The molecule has 0 radical (unpaired) electrons. The average molecular weight is 424 g/mol. The number of hydrogen-bond acceptors (Lipinski definition) is 4. The number of primary amides is 1. The Hall–Kier alpha value is -3.68. The number of aromatic nitrogens is 1. The van der Waals surface area contributed by atoms with E-state index in [0.717, 1.165) is 41.5 Å². The molecule has 1 aliphatic rings. The van der Waals surface area contributed by atoms with Crippen molar-refractivity contribution < 1.29 is 28.6 Å². The molecule has 0 bridgehead atoms. The third-order valence-corrected chi connectivity index (χ3v) is 5.68. The molecule has 3 N–H and O–H groups in total. The number of nitrogens with zero attached hydrogens (tertiary/aromatic N) is 1. The molecule has 0 aliphatic heterocycles. The molecule has 7 nitrogen and oxygen atoms in total. The standard InChI is InChI=1S/C23H21FN2O5/c1-12-19(22(29)23(25)30)20-17(31-11-18(27)28)9-14-3-2-4-16(14)21(20)26(12)10-13-5-7-15(24)8-6-13/h5-9H,2-4,10-11H2,1H3,(H2,25,30)(H,27,28). The lowest BCUT2D eigenvalue weighted by Gasteiger charge is -2.14. The highest BCUT2D eigenvalue weighted by Gasteiger charge is 2.30. The first kappa shape index (κ1) is 20.6. The van der Waals surface area contributed by atoms with E-state index in [0.29, 0.717) is 17.6 Å². The van der Waals surface area contributed by atoms with Crippen LogP contribution in [-0.2, 0) is 29.0 Å². The fraction of sp³-hybridized carbons (Fsp3) is 0.261. The van der Waals surface area contributed by atoms with Gasteiger partial charge in [-0.15, -0.1) is 0 Å². The van der Waals surface area contributed by atoms with Crippen molar-refractivity contribution in [1.29, 1.82) is 0 Å². The second-order valence-electron chi connectivity index (χ2n) is 7.64. The minimum atomic E-state index is -1.15. The van der Waals surface area contributed by atoms with Gasteiger partial charge in [0, 0.05) is 12.2 Å². The number of aliphatic carboxylic acids is 1. The monoisotopic (exact) mass is 424 g/mol. The third kappa shape index (κ3) is 3.65. The van der Waals surface area contributed by atoms with Gasteiger partial charge < -0.3 is 20.1 Å². The summed E-state index contributed by atoms with van der Waals surface area (Å²) in [6, 6.07) is 7.78. The summed E-state index contributed by atoms with van der Waals surface area (Å²) in [6.07, 6.45) is 2.49. The topological polar surface area (TPSA) is 112 Å². The van der Waals surface area contributed by atoms with E-state index < -0.39 is 24.3 Å². The molecular formula is C23H21FN2O5. The van der Waals surface area contributed by atoms with Gasteiger partial charge in [-0.05, 0) is 61.1 Å². The first-order valence-corrected chi connectivity index (χ1v) is 9.88. The van der Waals surface area contributed by atoms with Crippen molar-refractivity contribution in [2.45, 2.75) is 32.7 Å². The highest BCUT2D eigenvalue weighted by Crippen LogP contribution is 2.41. The van der Waals surface area contributed by atoms with Crippen LogP contribution in [0.3, 0.4) is 0 Å². The fourth-order valence-corrected chi connectivity index (χ4v) is 4.34. The number of fused-ring (bicyclic) bond motifs is 3. The number of hydrogen-bond donors (Lipinski definition) is 2. The van der Waals surface area contributed by atoms with Crippen molar-refractivity contribution in [3.05, 3.63) is 64.1 Å². The molecule has 1 aromatic heterocycles. The van der Waals surface area contributed by atoms with Gasteiger partial charge in [-0.1, -0.05) is 12.1 Å². The maximum absolute atomic E-state index is 13.4. The van der Waals surface area contributed by atoms with Crippen molar-refractivity contribution >= 4 is 28.6 Å². The summed E-state index contributed by atoms with van der Waals surface area (Å²) in [5, 5.41) is 9.48. The smallest absolute Gasteiger partial charge is 0.341 e. The van der Waals surface area contributed by atoms with Gasteiger partial charge in [-0.3, -0.25) is 9.59 Å². The van der Waals surface area contributed by atoms with Gasteiger partial charge in [0.15, 0.2) is 6.61 Å². The third-order valence-electron chi connectivity index (χ3n) is 5.68. The van der Waals surface area contributed by atoms with E-state index in [2.05, 4.69) is 0 Å². The van der Waals surface area contributed by atoms with E-state index in [1.54, 1.807) is 25.1 Å². The Morgan fingerprint density at radius 3 is 2.55 bits per heavy atom. The Morgan fingerprint density at radius 2 is 1.90 bits per heavy atom. The van der Waals surface area contributed by atoms with Crippen LogP contribution >= 0.6 is 0 Å². The van der Waals surface area contributed by atoms with Gasteiger partial charge >= 0.3 is 5.97 Å². The van der Waals surface area contributed by atoms with Crippen molar-refractivity contribution in [3.63, 3.8) is 0 Å².